The molecular formula is C51H68O9. The molecule has 2 aliphatic heterocycles. The molecule has 5 aliphatic carbocycles. The van der Waals surface area contributed by atoms with Crippen LogP contribution in [0.1, 0.15) is 124 Å². The molecule has 0 unspecified atom stereocenters. The Labute approximate surface area is 357 Å². The SMILES string of the molecule is COC(=O)[C@@]1(C)CC[C@]2(C)CC[C@]3(C)C(=CC(=O)[C@@H]4[C@@]5(C)CC[C@H](O[C@@H]6O[C@@H]7CO[C@@H](c8ccccc8)O[C@H]7[C@H](OCc7ccccc7)[C@H]6O)C(C)(C)[C@@H]5CC[C@]43C)[C@@H]2C1. The zero-order valence-corrected chi connectivity index (χ0v) is 37.1. The molecule has 0 bridgehead atoms. The normalized spacial score (nSPS) is 45.8. The predicted octanol–water partition coefficient (Wildman–Crippen LogP) is 9.31. The molecule has 1 N–H and O–H groups in total. The molecule has 2 aromatic rings. The number of carbonyl (C=O) groups excluding carboxylic acids is 2. The first-order chi connectivity index (χ1) is 28.5. The van der Waals surface area contributed by atoms with Crippen LogP contribution in [-0.2, 0) is 44.6 Å². The lowest BCUT2D eigenvalue weighted by molar-refractivity contribution is -0.378. The lowest BCUT2D eigenvalue weighted by atomic mass is 9.33. The van der Waals surface area contributed by atoms with Crippen molar-refractivity contribution in [2.75, 3.05) is 13.7 Å². The summed E-state index contributed by atoms with van der Waals surface area (Å²) in [4.78, 5) is 28.2. The summed E-state index contributed by atoms with van der Waals surface area (Å²) in [6.45, 7) is 16.9. The summed E-state index contributed by atoms with van der Waals surface area (Å²) in [5.74, 6) is 0.398. The van der Waals surface area contributed by atoms with Crippen LogP contribution in [0.2, 0.25) is 0 Å². The van der Waals surface area contributed by atoms with Crippen LogP contribution in [-0.4, -0.2) is 67.4 Å². The van der Waals surface area contributed by atoms with Crippen molar-refractivity contribution in [1.29, 1.82) is 0 Å². The fourth-order valence-electron chi connectivity index (χ4n) is 14.4. The smallest absolute Gasteiger partial charge is 0.311 e. The van der Waals surface area contributed by atoms with Gasteiger partial charge in [0.1, 0.15) is 24.4 Å². The van der Waals surface area contributed by atoms with Crippen molar-refractivity contribution < 1.29 is 43.1 Å². The number of allylic oxidation sites excluding steroid dienone is 2. The van der Waals surface area contributed by atoms with Gasteiger partial charge in [-0.25, -0.2) is 0 Å². The Bertz CT molecular complexity index is 1970. The number of hydrogen-bond acceptors (Lipinski definition) is 9. The van der Waals surface area contributed by atoms with Gasteiger partial charge in [-0.3, -0.25) is 9.59 Å². The van der Waals surface area contributed by atoms with Gasteiger partial charge < -0.3 is 33.5 Å². The van der Waals surface area contributed by atoms with Crippen LogP contribution in [0.25, 0.3) is 0 Å². The fourth-order valence-corrected chi connectivity index (χ4v) is 14.4. The molecule has 60 heavy (non-hydrogen) atoms. The van der Waals surface area contributed by atoms with Gasteiger partial charge in [-0.15, -0.1) is 0 Å². The van der Waals surface area contributed by atoms with Crippen LogP contribution in [0.15, 0.2) is 72.3 Å². The molecule has 7 aliphatic rings. The maximum atomic E-state index is 15.0. The summed E-state index contributed by atoms with van der Waals surface area (Å²) in [6, 6.07) is 19.8. The molecule has 0 radical (unpaired) electrons. The molecule has 15 atom stereocenters. The average Bonchev–Trinajstić information content (AvgIpc) is 3.23. The van der Waals surface area contributed by atoms with Gasteiger partial charge in [0, 0.05) is 11.5 Å². The molecule has 4 saturated carbocycles. The average molecular weight is 825 g/mol. The topological polar surface area (TPSA) is 110 Å². The Balaban J connectivity index is 0.964. The first-order valence-electron chi connectivity index (χ1n) is 22.8. The van der Waals surface area contributed by atoms with Crippen LogP contribution in [0, 0.1) is 50.2 Å². The molecule has 0 aromatic heterocycles. The van der Waals surface area contributed by atoms with E-state index in [0.29, 0.717) is 6.61 Å². The highest BCUT2D eigenvalue weighted by atomic mass is 16.8. The molecule has 9 heteroatoms. The van der Waals surface area contributed by atoms with Crippen LogP contribution < -0.4 is 0 Å². The Morgan fingerprint density at radius 3 is 2.27 bits per heavy atom. The van der Waals surface area contributed by atoms with E-state index in [0.717, 1.165) is 68.9 Å². The van der Waals surface area contributed by atoms with Gasteiger partial charge in [0.15, 0.2) is 18.4 Å². The minimum absolute atomic E-state index is 0.0672. The van der Waals surface area contributed by atoms with E-state index in [2.05, 4.69) is 54.5 Å². The maximum absolute atomic E-state index is 15.0. The summed E-state index contributed by atoms with van der Waals surface area (Å²) >= 11 is 0. The van der Waals surface area contributed by atoms with Crippen molar-refractivity contribution in [3.63, 3.8) is 0 Å². The third-order valence-electron chi connectivity index (χ3n) is 18.2. The van der Waals surface area contributed by atoms with E-state index in [1.54, 1.807) is 0 Å². The molecule has 2 heterocycles. The number of benzene rings is 2. The molecule has 326 valence electrons. The minimum Gasteiger partial charge on any atom is -0.469 e. The zero-order valence-electron chi connectivity index (χ0n) is 37.1. The largest absolute Gasteiger partial charge is 0.469 e. The summed E-state index contributed by atoms with van der Waals surface area (Å²) in [5, 5.41) is 12.2. The second-order valence-corrected chi connectivity index (χ2v) is 21.7. The number of aliphatic hydroxyl groups excluding tert-OH is 1. The highest BCUT2D eigenvalue weighted by molar-refractivity contribution is 5.95. The van der Waals surface area contributed by atoms with E-state index in [4.69, 9.17) is 28.4 Å². The lowest BCUT2D eigenvalue weighted by Gasteiger charge is -2.70. The number of esters is 1. The van der Waals surface area contributed by atoms with Crippen molar-refractivity contribution in [2.45, 2.75) is 156 Å². The molecule has 2 saturated heterocycles. The van der Waals surface area contributed by atoms with Crippen LogP contribution >= 0.6 is 0 Å². The quantitative estimate of drug-likeness (QED) is 0.216. The number of rotatable bonds is 7. The number of aliphatic hydroxyl groups is 1. The van der Waals surface area contributed by atoms with Gasteiger partial charge >= 0.3 is 5.97 Å². The van der Waals surface area contributed by atoms with E-state index in [-0.39, 0.29) is 69.3 Å². The first kappa shape index (κ1) is 42.4. The summed E-state index contributed by atoms with van der Waals surface area (Å²) in [7, 11) is 1.50. The monoisotopic (exact) mass is 824 g/mol. The predicted molar refractivity (Wildman–Crippen MR) is 226 cm³/mol. The highest BCUT2D eigenvalue weighted by Crippen LogP contribution is 2.75. The van der Waals surface area contributed by atoms with Gasteiger partial charge in [0.25, 0.3) is 0 Å². The Hall–Kier alpha value is -2.92. The number of ether oxygens (including phenoxy) is 6. The van der Waals surface area contributed by atoms with Crippen molar-refractivity contribution in [1.82, 2.24) is 0 Å². The number of carbonyl (C=O) groups is 2. The highest BCUT2D eigenvalue weighted by Gasteiger charge is 2.70. The van der Waals surface area contributed by atoms with Crippen LogP contribution in [0.4, 0.5) is 0 Å². The standard InChI is InChI=1S/C51H68O9/c1-46(2)37-19-22-51(7)42(35(52)27-33-34-28-48(4,45(54)55-8)24-23-47(34,3)25-26-50(33,51)6)49(37,5)21-20-38(46)59-44-39(53)41(56-29-31-15-11-9-12-16-31)40-36(58-44)30-57-43(60-40)32-17-13-10-14-18-32/h9-18,27,34,36-44,53H,19-26,28-30H2,1-8H3/t34-,36+,37-,38-,39+,40+,41+,42+,43+,44-,47+,48-,49-,50+,51+/m0/s1. The van der Waals surface area contributed by atoms with Crippen molar-refractivity contribution >= 4 is 11.8 Å². The molecule has 9 nitrogen and oxygen atoms in total. The van der Waals surface area contributed by atoms with Crippen LogP contribution in [0.5, 0.6) is 0 Å². The molecule has 6 fully saturated rings. The minimum atomic E-state index is -1.11. The third-order valence-corrected chi connectivity index (χ3v) is 18.2. The maximum Gasteiger partial charge on any atom is 0.311 e. The number of fused-ring (bicyclic) bond motifs is 8. The Morgan fingerprint density at radius 2 is 1.55 bits per heavy atom. The van der Waals surface area contributed by atoms with Gasteiger partial charge in [0.05, 0.1) is 31.8 Å². The number of methoxy groups -OCH3 is 1. The van der Waals surface area contributed by atoms with E-state index in [1.807, 2.05) is 60.7 Å². The molecule has 0 amide bonds. The van der Waals surface area contributed by atoms with Crippen molar-refractivity contribution in [3.8, 4) is 0 Å². The van der Waals surface area contributed by atoms with E-state index < -0.39 is 42.4 Å². The van der Waals surface area contributed by atoms with E-state index in [9.17, 15) is 9.90 Å². The molecule has 2 aromatic carbocycles. The molecular weight excluding hydrogens is 757 g/mol. The molecule has 9 rings (SSSR count). The van der Waals surface area contributed by atoms with Gasteiger partial charge in [-0.1, -0.05) is 108 Å². The summed E-state index contributed by atoms with van der Waals surface area (Å²) < 4.78 is 38.3. The number of hydrogen-bond donors (Lipinski definition) is 1. The molecule has 0 spiro atoms. The van der Waals surface area contributed by atoms with Gasteiger partial charge in [-0.05, 0) is 115 Å². The third kappa shape index (κ3) is 6.53. The van der Waals surface area contributed by atoms with Crippen molar-refractivity contribution in [3.05, 3.63) is 83.4 Å². The lowest BCUT2D eigenvalue weighted by Crippen LogP contribution is -2.67. The van der Waals surface area contributed by atoms with E-state index in [1.165, 1.54) is 12.7 Å². The Kier molecular flexibility index (Phi) is 10.7. The van der Waals surface area contributed by atoms with E-state index >= 15 is 4.79 Å². The van der Waals surface area contributed by atoms with Crippen molar-refractivity contribution in [2.24, 2.45) is 50.2 Å². The second-order valence-electron chi connectivity index (χ2n) is 21.7. The van der Waals surface area contributed by atoms with Gasteiger partial charge in [-0.2, -0.15) is 0 Å². The van der Waals surface area contributed by atoms with Gasteiger partial charge in [0.2, 0.25) is 0 Å². The number of ketones is 1. The second kappa shape index (κ2) is 15.1. The summed E-state index contributed by atoms with van der Waals surface area (Å²) in [5.41, 5.74) is 1.78. The Morgan fingerprint density at radius 1 is 0.850 bits per heavy atom. The first-order valence-corrected chi connectivity index (χ1v) is 22.8. The zero-order chi connectivity index (χ0) is 42.5. The fraction of sp³-hybridized carbons (Fsp3) is 0.686. The van der Waals surface area contributed by atoms with Crippen LogP contribution in [0.3, 0.4) is 0 Å². The summed E-state index contributed by atoms with van der Waals surface area (Å²) in [6.07, 6.45) is 5.61.